The summed E-state index contributed by atoms with van der Waals surface area (Å²) in [5.41, 5.74) is 2.89. The van der Waals surface area contributed by atoms with E-state index in [1.54, 1.807) is 19.6 Å². The van der Waals surface area contributed by atoms with Gasteiger partial charge in [0.15, 0.2) is 17.4 Å². The van der Waals surface area contributed by atoms with Gasteiger partial charge >= 0.3 is 0 Å². The molecule has 0 bridgehead atoms. The third-order valence-electron chi connectivity index (χ3n) is 5.26. The summed E-state index contributed by atoms with van der Waals surface area (Å²) in [6, 6.07) is 21.8. The molecule has 0 spiro atoms. The van der Waals surface area contributed by atoms with Gasteiger partial charge in [-0.05, 0) is 29.8 Å². The third kappa shape index (κ3) is 4.64. The van der Waals surface area contributed by atoms with Crippen LogP contribution in [0.5, 0.6) is 5.75 Å². The van der Waals surface area contributed by atoms with Gasteiger partial charge in [0.2, 0.25) is 6.79 Å². The third-order valence-corrected chi connectivity index (χ3v) is 5.26. The Hall–Kier alpha value is -4.33. The van der Waals surface area contributed by atoms with Crippen molar-refractivity contribution in [3.8, 4) is 28.5 Å². The number of hydrogen-bond donors (Lipinski definition) is 1. The van der Waals surface area contributed by atoms with E-state index in [1.165, 1.54) is 0 Å². The minimum Gasteiger partial charge on any atom is -0.497 e. The number of pyridine rings is 1. The maximum Gasteiger partial charge on any atom is 0.229 e. The molecule has 0 saturated carbocycles. The highest BCUT2D eigenvalue weighted by molar-refractivity contribution is 5.72. The first-order valence-corrected chi connectivity index (χ1v) is 10.5. The van der Waals surface area contributed by atoms with E-state index in [-0.39, 0.29) is 6.79 Å². The average molecular weight is 441 g/mol. The summed E-state index contributed by atoms with van der Waals surface area (Å²) in [5, 5.41) is 8.78. The quantitative estimate of drug-likeness (QED) is 0.434. The molecule has 0 radical (unpaired) electrons. The van der Waals surface area contributed by atoms with Crippen molar-refractivity contribution in [3.05, 3.63) is 90.5 Å². The van der Waals surface area contributed by atoms with Crippen LogP contribution in [0.15, 0.2) is 84.9 Å². The molecule has 0 unspecified atom stereocenters. The lowest BCUT2D eigenvalue weighted by atomic mass is 10.1. The molecule has 8 nitrogen and oxygen atoms in total. The van der Waals surface area contributed by atoms with Crippen LogP contribution in [0.4, 0.5) is 5.82 Å². The summed E-state index contributed by atoms with van der Waals surface area (Å²) in [7, 11) is 1.64. The fourth-order valence-corrected chi connectivity index (χ4v) is 3.67. The summed E-state index contributed by atoms with van der Waals surface area (Å²) < 4.78 is 16.2. The number of hydrogen-bond acceptors (Lipinski definition) is 7. The van der Waals surface area contributed by atoms with Gasteiger partial charge in [-0.3, -0.25) is 0 Å². The maximum absolute atomic E-state index is 5.59. The molecule has 1 aliphatic heterocycles. The minimum absolute atomic E-state index is 0.232. The van der Waals surface area contributed by atoms with E-state index in [9.17, 15) is 0 Å². The van der Waals surface area contributed by atoms with E-state index in [0.29, 0.717) is 24.7 Å². The number of anilines is 1. The van der Waals surface area contributed by atoms with Crippen LogP contribution in [0.3, 0.4) is 0 Å². The lowest BCUT2D eigenvalue weighted by Crippen LogP contribution is -2.27. The molecule has 5 rings (SSSR count). The topological polar surface area (TPSA) is 85.4 Å². The second kappa shape index (κ2) is 9.44. The van der Waals surface area contributed by atoms with Crippen molar-refractivity contribution in [2.24, 2.45) is 0 Å². The predicted molar refractivity (Wildman–Crippen MR) is 124 cm³/mol. The predicted octanol–water partition coefficient (Wildman–Crippen LogP) is 4.39. The molecular formula is C25H23N5O3. The van der Waals surface area contributed by atoms with Crippen LogP contribution in [0.2, 0.25) is 0 Å². The van der Waals surface area contributed by atoms with Crippen LogP contribution in [-0.2, 0) is 16.0 Å². The van der Waals surface area contributed by atoms with Crippen molar-refractivity contribution >= 4 is 5.82 Å². The highest BCUT2D eigenvalue weighted by Gasteiger charge is 2.21. The molecule has 2 aromatic heterocycles. The van der Waals surface area contributed by atoms with Crippen LogP contribution >= 0.6 is 0 Å². The molecule has 4 aromatic rings. The van der Waals surface area contributed by atoms with Gasteiger partial charge in [-0.1, -0.05) is 42.5 Å². The SMILES string of the molecule is COc1cccc(-c2nnc(-c3cccnc3N(CC3=COCO3)Cc3ccccc3)[nH]2)c1. The summed E-state index contributed by atoms with van der Waals surface area (Å²) in [4.78, 5) is 10.2. The number of nitrogens with one attached hydrogen (secondary N) is 1. The first-order valence-electron chi connectivity index (χ1n) is 10.5. The lowest BCUT2D eigenvalue weighted by Gasteiger charge is -2.25. The zero-order valence-corrected chi connectivity index (χ0v) is 18.1. The van der Waals surface area contributed by atoms with Gasteiger partial charge in [-0.25, -0.2) is 4.98 Å². The zero-order valence-electron chi connectivity index (χ0n) is 18.1. The molecular weight excluding hydrogens is 418 g/mol. The highest BCUT2D eigenvalue weighted by Crippen LogP contribution is 2.30. The van der Waals surface area contributed by atoms with Gasteiger partial charge in [-0.2, -0.15) is 0 Å². The number of ether oxygens (including phenoxy) is 3. The molecule has 8 heteroatoms. The normalized spacial score (nSPS) is 12.6. The standard InChI is InChI=1S/C25H23N5O3/c1-31-20-10-5-9-19(13-20)23-27-24(29-28-23)22-11-6-12-26-25(22)30(15-21-16-32-17-33-21)14-18-7-3-2-4-8-18/h2-13,16H,14-15,17H2,1H3,(H,27,28,29). The van der Waals surface area contributed by atoms with Gasteiger partial charge in [0.1, 0.15) is 17.8 Å². The first-order chi connectivity index (χ1) is 16.3. The molecule has 0 amide bonds. The number of aromatic amines is 1. The molecule has 1 aliphatic rings. The summed E-state index contributed by atoms with van der Waals surface area (Å²) in [6.07, 6.45) is 3.42. The van der Waals surface area contributed by atoms with Crippen molar-refractivity contribution in [2.45, 2.75) is 6.54 Å². The molecule has 0 saturated heterocycles. The Balaban J connectivity index is 1.50. The largest absolute Gasteiger partial charge is 0.497 e. The van der Waals surface area contributed by atoms with Crippen molar-refractivity contribution in [2.75, 3.05) is 25.3 Å². The van der Waals surface area contributed by atoms with Crippen molar-refractivity contribution in [1.82, 2.24) is 20.2 Å². The Labute approximate surface area is 191 Å². The van der Waals surface area contributed by atoms with Crippen LogP contribution in [-0.4, -0.2) is 40.6 Å². The number of H-pyrrole nitrogens is 1. The van der Waals surface area contributed by atoms with Crippen molar-refractivity contribution in [1.29, 1.82) is 0 Å². The fraction of sp³-hybridized carbons (Fsp3) is 0.160. The van der Waals surface area contributed by atoms with Gasteiger partial charge in [0.25, 0.3) is 0 Å². The molecule has 0 fully saturated rings. The Morgan fingerprint density at radius 1 is 0.970 bits per heavy atom. The Morgan fingerprint density at radius 2 is 1.85 bits per heavy atom. The molecule has 0 atom stereocenters. The van der Waals surface area contributed by atoms with Gasteiger partial charge < -0.3 is 24.1 Å². The van der Waals surface area contributed by atoms with E-state index in [4.69, 9.17) is 19.2 Å². The summed E-state index contributed by atoms with van der Waals surface area (Å²) in [6.45, 7) is 1.38. The second-order valence-corrected chi connectivity index (χ2v) is 7.48. The smallest absolute Gasteiger partial charge is 0.229 e. The van der Waals surface area contributed by atoms with Gasteiger partial charge in [0.05, 0.1) is 19.2 Å². The molecule has 1 N–H and O–H groups in total. The Bertz CT molecular complexity index is 1260. The fourth-order valence-electron chi connectivity index (χ4n) is 3.67. The molecule has 0 aliphatic carbocycles. The van der Waals surface area contributed by atoms with Gasteiger partial charge in [0, 0.05) is 18.3 Å². The number of benzene rings is 2. The first kappa shape index (κ1) is 20.6. The Kier molecular flexibility index (Phi) is 5.88. The van der Waals surface area contributed by atoms with Crippen molar-refractivity contribution in [3.63, 3.8) is 0 Å². The van der Waals surface area contributed by atoms with E-state index in [1.807, 2.05) is 54.6 Å². The molecule has 33 heavy (non-hydrogen) atoms. The van der Waals surface area contributed by atoms with E-state index >= 15 is 0 Å². The van der Waals surface area contributed by atoms with Crippen LogP contribution in [0, 0.1) is 0 Å². The van der Waals surface area contributed by atoms with Crippen LogP contribution in [0.25, 0.3) is 22.8 Å². The number of methoxy groups -OCH3 is 1. The molecule has 2 aromatic carbocycles. The monoisotopic (exact) mass is 441 g/mol. The summed E-state index contributed by atoms with van der Waals surface area (Å²) in [5.74, 6) is 3.56. The number of nitrogens with zero attached hydrogens (tertiary/aromatic N) is 4. The highest BCUT2D eigenvalue weighted by atomic mass is 16.7. The lowest BCUT2D eigenvalue weighted by molar-refractivity contribution is 0.0797. The Morgan fingerprint density at radius 3 is 2.67 bits per heavy atom. The zero-order chi connectivity index (χ0) is 22.5. The summed E-state index contributed by atoms with van der Waals surface area (Å²) >= 11 is 0. The van der Waals surface area contributed by atoms with Gasteiger partial charge in [-0.15, -0.1) is 10.2 Å². The van der Waals surface area contributed by atoms with E-state index in [2.05, 4.69) is 32.2 Å². The number of rotatable bonds is 8. The van der Waals surface area contributed by atoms with Crippen LogP contribution < -0.4 is 9.64 Å². The van der Waals surface area contributed by atoms with E-state index < -0.39 is 0 Å². The second-order valence-electron chi connectivity index (χ2n) is 7.48. The molecule has 3 heterocycles. The minimum atomic E-state index is 0.232. The average Bonchev–Trinajstić information content (AvgIpc) is 3.57. The number of aromatic nitrogens is 4. The van der Waals surface area contributed by atoms with Crippen molar-refractivity contribution < 1.29 is 14.2 Å². The van der Waals surface area contributed by atoms with E-state index in [0.717, 1.165) is 34.0 Å². The molecule has 166 valence electrons. The maximum atomic E-state index is 5.59. The van der Waals surface area contributed by atoms with Crippen LogP contribution in [0.1, 0.15) is 5.56 Å².